The maximum absolute atomic E-state index is 6.28. The summed E-state index contributed by atoms with van der Waals surface area (Å²) in [6.07, 6.45) is 0.731. The van der Waals surface area contributed by atoms with E-state index in [0.29, 0.717) is 21.8 Å². The van der Waals surface area contributed by atoms with Crippen LogP contribution < -0.4 is 10.1 Å². The molecule has 0 aromatic heterocycles. The SMILES string of the molecule is COc1c(CCCl)cc(Cl)c(Cl)c1C1CNC1. The van der Waals surface area contributed by atoms with Gasteiger partial charge < -0.3 is 10.1 Å². The summed E-state index contributed by atoms with van der Waals surface area (Å²) in [6.45, 7) is 1.83. The number of hydrogen-bond donors (Lipinski definition) is 1. The molecule has 1 aliphatic rings. The largest absolute Gasteiger partial charge is 0.496 e. The van der Waals surface area contributed by atoms with Crippen molar-refractivity contribution in [2.75, 3.05) is 26.1 Å². The van der Waals surface area contributed by atoms with E-state index in [1.54, 1.807) is 7.11 Å². The number of ether oxygens (including phenoxy) is 1. The summed E-state index contributed by atoms with van der Waals surface area (Å²) in [7, 11) is 1.66. The van der Waals surface area contributed by atoms with Gasteiger partial charge in [-0.3, -0.25) is 0 Å². The monoisotopic (exact) mass is 293 g/mol. The first-order chi connectivity index (χ1) is 8.19. The fourth-order valence-corrected chi connectivity index (χ4v) is 2.80. The Morgan fingerprint density at radius 3 is 2.59 bits per heavy atom. The number of benzene rings is 1. The van der Waals surface area contributed by atoms with E-state index in [0.717, 1.165) is 36.4 Å². The molecule has 0 spiro atoms. The van der Waals surface area contributed by atoms with Crippen LogP contribution in [-0.4, -0.2) is 26.1 Å². The van der Waals surface area contributed by atoms with Crippen LogP contribution in [0.15, 0.2) is 6.07 Å². The van der Waals surface area contributed by atoms with Crippen molar-refractivity contribution in [2.24, 2.45) is 0 Å². The Kier molecular flexibility index (Phi) is 4.42. The maximum atomic E-state index is 6.28. The highest BCUT2D eigenvalue weighted by Gasteiger charge is 2.28. The van der Waals surface area contributed by atoms with Crippen LogP contribution in [0.1, 0.15) is 17.0 Å². The summed E-state index contributed by atoms with van der Waals surface area (Å²) >= 11 is 18.2. The maximum Gasteiger partial charge on any atom is 0.127 e. The molecule has 0 saturated carbocycles. The van der Waals surface area contributed by atoms with Gasteiger partial charge in [-0.25, -0.2) is 0 Å². The lowest BCUT2D eigenvalue weighted by molar-refractivity contribution is 0.382. The number of hydrogen-bond acceptors (Lipinski definition) is 2. The van der Waals surface area contributed by atoms with Crippen LogP contribution in [0.5, 0.6) is 5.75 Å². The molecule has 17 heavy (non-hydrogen) atoms. The topological polar surface area (TPSA) is 21.3 Å². The minimum atomic E-state index is 0.380. The highest BCUT2D eigenvalue weighted by molar-refractivity contribution is 6.42. The fraction of sp³-hybridized carbons (Fsp3) is 0.500. The Bertz CT molecular complexity index is 419. The lowest BCUT2D eigenvalue weighted by Crippen LogP contribution is -2.40. The normalized spacial score (nSPS) is 15.8. The summed E-state index contributed by atoms with van der Waals surface area (Å²) in [4.78, 5) is 0. The van der Waals surface area contributed by atoms with Crippen LogP contribution in [0.3, 0.4) is 0 Å². The molecule has 0 radical (unpaired) electrons. The van der Waals surface area contributed by atoms with Gasteiger partial charge in [-0.2, -0.15) is 0 Å². The van der Waals surface area contributed by atoms with Gasteiger partial charge in [-0.15, -0.1) is 11.6 Å². The van der Waals surface area contributed by atoms with Crippen molar-refractivity contribution in [3.63, 3.8) is 0 Å². The highest BCUT2D eigenvalue weighted by atomic mass is 35.5. The predicted molar refractivity (Wildman–Crippen MR) is 73.0 cm³/mol. The van der Waals surface area contributed by atoms with Gasteiger partial charge in [0.2, 0.25) is 0 Å². The zero-order chi connectivity index (χ0) is 12.4. The molecule has 0 unspecified atom stereocenters. The van der Waals surface area contributed by atoms with E-state index in [2.05, 4.69) is 5.32 Å². The molecule has 2 nitrogen and oxygen atoms in total. The van der Waals surface area contributed by atoms with E-state index < -0.39 is 0 Å². The first-order valence-electron chi connectivity index (χ1n) is 5.50. The number of rotatable bonds is 4. The van der Waals surface area contributed by atoms with Crippen molar-refractivity contribution in [3.05, 3.63) is 27.2 Å². The third-order valence-electron chi connectivity index (χ3n) is 3.04. The molecule has 0 amide bonds. The molecule has 0 aliphatic carbocycles. The molecule has 0 bridgehead atoms. The molecule has 1 N–H and O–H groups in total. The number of aryl methyl sites for hydroxylation is 1. The van der Waals surface area contributed by atoms with Crippen molar-refractivity contribution in [1.29, 1.82) is 0 Å². The van der Waals surface area contributed by atoms with E-state index in [1.165, 1.54) is 0 Å². The molecule has 1 aromatic rings. The van der Waals surface area contributed by atoms with Crippen LogP contribution >= 0.6 is 34.8 Å². The first-order valence-corrected chi connectivity index (χ1v) is 6.79. The molecule has 1 aromatic carbocycles. The summed E-state index contributed by atoms with van der Waals surface area (Å²) < 4.78 is 5.49. The zero-order valence-electron chi connectivity index (χ0n) is 9.53. The molecule has 1 heterocycles. The van der Waals surface area contributed by atoms with Gasteiger partial charge in [0.15, 0.2) is 0 Å². The minimum absolute atomic E-state index is 0.380. The molecule has 1 fully saturated rings. The summed E-state index contributed by atoms with van der Waals surface area (Å²) in [6, 6.07) is 1.85. The summed E-state index contributed by atoms with van der Waals surface area (Å²) in [5, 5.41) is 4.41. The van der Waals surface area contributed by atoms with Crippen LogP contribution in [0, 0.1) is 0 Å². The zero-order valence-corrected chi connectivity index (χ0v) is 11.8. The lowest BCUT2D eigenvalue weighted by Gasteiger charge is -2.30. The summed E-state index contributed by atoms with van der Waals surface area (Å²) in [5.74, 6) is 1.76. The molecule has 1 saturated heterocycles. The van der Waals surface area contributed by atoms with Gasteiger partial charge in [0.25, 0.3) is 0 Å². The Morgan fingerprint density at radius 2 is 2.12 bits per heavy atom. The van der Waals surface area contributed by atoms with Crippen molar-refractivity contribution >= 4 is 34.8 Å². The number of nitrogens with one attached hydrogen (secondary N) is 1. The Labute approximate surface area is 116 Å². The third kappa shape index (κ3) is 2.50. The molecule has 1 aliphatic heterocycles. The summed E-state index contributed by atoms with van der Waals surface area (Å²) in [5.41, 5.74) is 2.04. The van der Waals surface area contributed by atoms with E-state index in [9.17, 15) is 0 Å². The number of methoxy groups -OCH3 is 1. The Balaban J connectivity index is 2.51. The van der Waals surface area contributed by atoms with Crippen molar-refractivity contribution in [1.82, 2.24) is 5.32 Å². The van der Waals surface area contributed by atoms with E-state index in [-0.39, 0.29) is 0 Å². The fourth-order valence-electron chi connectivity index (χ4n) is 2.07. The van der Waals surface area contributed by atoms with Crippen LogP contribution in [0.25, 0.3) is 0 Å². The molecular formula is C12H14Cl3NO. The van der Waals surface area contributed by atoms with Gasteiger partial charge in [-0.05, 0) is 18.1 Å². The van der Waals surface area contributed by atoms with Crippen molar-refractivity contribution < 1.29 is 4.74 Å². The van der Waals surface area contributed by atoms with Gasteiger partial charge in [-0.1, -0.05) is 23.2 Å². The van der Waals surface area contributed by atoms with E-state index >= 15 is 0 Å². The molecule has 94 valence electrons. The van der Waals surface area contributed by atoms with E-state index in [4.69, 9.17) is 39.5 Å². The first kappa shape index (κ1) is 13.3. The smallest absolute Gasteiger partial charge is 0.127 e. The predicted octanol–water partition coefficient (Wildman–Crippen LogP) is 3.47. The third-order valence-corrected chi connectivity index (χ3v) is 4.03. The van der Waals surface area contributed by atoms with Crippen LogP contribution in [-0.2, 0) is 6.42 Å². The second-order valence-electron chi connectivity index (χ2n) is 4.07. The molecule has 0 atom stereocenters. The number of halogens is 3. The van der Waals surface area contributed by atoms with Crippen LogP contribution in [0.4, 0.5) is 0 Å². The highest BCUT2D eigenvalue weighted by Crippen LogP contribution is 2.42. The molecule has 2 rings (SSSR count). The van der Waals surface area contributed by atoms with Crippen molar-refractivity contribution in [2.45, 2.75) is 12.3 Å². The van der Waals surface area contributed by atoms with Gasteiger partial charge in [0.1, 0.15) is 5.75 Å². The minimum Gasteiger partial charge on any atom is -0.496 e. The Hall–Kier alpha value is -0.150. The Morgan fingerprint density at radius 1 is 1.41 bits per heavy atom. The van der Waals surface area contributed by atoms with Gasteiger partial charge in [0.05, 0.1) is 17.2 Å². The standard InChI is InChI=1S/C12H14Cl3NO/c1-17-12-7(2-3-13)4-9(14)11(15)10(12)8-5-16-6-8/h4,8,16H,2-3,5-6H2,1H3. The average Bonchev–Trinajstić information content (AvgIpc) is 2.23. The lowest BCUT2D eigenvalue weighted by atomic mass is 9.90. The second kappa shape index (κ2) is 5.66. The van der Waals surface area contributed by atoms with Crippen molar-refractivity contribution in [3.8, 4) is 5.75 Å². The molecule has 5 heteroatoms. The van der Waals surface area contributed by atoms with E-state index in [1.807, 2.05) is 6.07 Å². The number of alkyl halides is 1. The average molecular weight is 295 g/mol. The quantitative estimate of drug-likeness (QED) is 0.859. The van der Waals surface area contributed by atoms with Crippen LogP contribution in [0.2, 0.25) is 10.0 Å². The second-order valence-corrected chi connectivity index (χ2v) is 5.24. The van der Waals surface area contributed by atoms with Gasteiger partial charge in [0, 0.05) is 30.5 Å². The molecular weight excluding hydrogens is 280 g/mol. The van der Waals surface area contributed by atoms with Gasteiger partial charge >= 0.3 is 0 Å².